The highest BCUT2D eigenvalue weighted by atomic mass is 32.2. The number of hydrogen-bond donors (Lipinski definition) is 1. The molecule has 0 aliphatic rings. The van der Waals surface area contributed by atoms with E-state index in [2.05, 4.69) is 29.1 Å². The zero-order valence-electron chi connectivity index (χ0n) is 13.0. The van der Waals surface area contributed by atoms with Crippen LogP contribution in [0.1, 0.15) is 13.8 Å². The maximum absolute atomic E-state index is 11.7. The van der Waals surface area contributed by atoms with Crippen molar-refractivity contribution in [3.8, 4) is 0 Å². The fraction of sp³-hybridized carbons (Fsp3) is 0.467. The first-order valence-corrected chi connectivity index (χ1v) is 9.03. The third-order valence-electron chi connectivity index (χ3n) is 3.02. The van der Waals surface area contributed by atoms with Gasteiger partial charge >= 0.3 is 0 Å². The molecule has 1 aromatic heterocycles. The second-order valence-corrected chi connectivity index (χ2v) is 7.58. The smallest absolute Gasteiger partial charge is 0.175 e. The molecule has 120 valence electrons. The van der Waals surface area contributed by atoms with Crippen LogP contribution in [0.15, 0.2) is 29.4 Å². The van der Waals surface area contributed by atoms with Gasteiger partial charge in [0.25, 0.3) is 0 Å². The van der Waals surface area contributed by atoms with Crippen LogP contribution in [0.3, 0.4) is 0 Å². The van der Waals surface area contributed by atoms with Gasteiger partial charge in [0.15, 0.2) is 9.84 Å². The Morgan fingerprint density at radius 3 is 2.73 bits per heavy atom. The van der Waals surface area contributed by atoms with Gasteiger partial charge in [-0.1, -0.05) is 13.8 Å². The van der Waals surface area contributed by atoms with Crippen LogP contribution in [0.5, 0.6) is 0 Å². The standard InChI is InChI=1S/C15H21N3O3S/c1-11(2)9-21-7-6-16-15-13-8-12(22(3,19)20)4-5-14(13)17-10-18-15/h4-5,8,10-11H,6-7,9H2,1-3H3,(H,16,17,18). The fourth-order valence-corrected chi connectivity index (χ4v) is 2.62. The molecule has 0 radical (unpaired) electrons. The highest BCUT2D eigenvalue weighted by molar-refractivity contribution is 7.90. The van der Waals surface area contributed by atoms with Crippen LogP contribution in [0, 0.1) is 5.92 Å². The summed E-state index contributed by atoms with van der Waals surface area (Å²) in [5.74, 6) is 1.11. The van der Waals surface area contributed by atoms with Gasteiger partial charge < -0.3 is 10.1 Å². The molecular weight excluding hydrogens is 302 g/mol. The Bertz CT molecular complexity index is 745. The summed E-state index contributed by atoms with van der Waals surface area (Å²) in [5.41, 5.74) is 0.702. The zero-order chi connectivity index (χ0) is 16.2. The lowest BCUT2D eigenvalue weighted by molar-refractivity contribution is 0.118. The Morgan fingerprint density at radius 1 is 1.27 bits per heavy atom. The van der Waals surface area contributed by atoms with E-state index in [1.54, 1.807) is 18.2 Å². The Morgan fingerprint density at radius 2 is 2.05 bits per heavy atom. The molecule has 2 aromatic rings. The quantitative estimate of drug-likeness (QED) is 0.786. The lowest BCUT2D eigenvalue weighted by Gasteiger charge is -2.10. The maximum Gasteiger partial charge on any atom is 0.175 e. The monoisotopic (exact) mass is 323 g/mol. The molecule has 0 aliphatic heterocycles. The Kier molecular flexibility index (Phi) is 5.31. The van der Waals surface area contributed by atoms with E-state index in [0.717, 1.165) is 0 Å². The molecule has 1 N–H and O–H groups in total. The SMILES string of the molecule is CC(C)COCCNc1ncnc2ccc(S(C)(=O)=O)cc12. The van der Waals surface area contributed by atoms with E-state index in [0.29, 0.717) is 42.4 Å². The first-order chi connectivity index (χ1) is 10.4. The number of benzene rings is 1. The molecule has 1 aromatic carbocycles. The minimum Gasteiger partial charge on any atom is -0.379 e. The molecule has 7 heteroatoms. The molecule has 2 rings (SSSR count). The van der Waals surface area contributed by atoms with Gasteiger partial charge in [0.2, 0.25) is 0 Å². The summed E-state index contributed by atoms with van der Waals surface area (Å²) >= 11 is 0. The van der Waals surface area contributed by atoms with Crippen LogP contribution in [0.4, 0.5) is 5.82 Å². The average Bonchev–Trinajstić information content (AvgIpc) is 2.45. The van der Waals surface area contributed by atoms with Gasteiger partial charge in [0.05, 0.1) is 17.0 Å². The van der Waals surface area contributed by atoms with Crippen molar-refractivity contribution in [1.82, 2.24) is 9.97 Å². The molecule has 0 amide bonds. The van der Waals surface area contributed by atoms with E-state index in [1.165, 1.54) is 12.6 Å². The summed E-state index contributed by atoms with van der Waals surface area (Å²) in [5, 5.41) is 3.86. The molecule has 6 nitrogen and oxygen atoms in total. The van der Waals surface area contributed by atoms with Crippen molar-refractivity contribution >= 4 is 26.6 Å². The van der Waals surface area contributed by atoms with Crippen molar-refractivity contribution in [2.75, 3.05) is 31.3 Å². The molecule has 22 heavy (non-hydrogen) atoms. The van der Waals surface area contributed by atoms with E-state index in [1.807, 2.05) is 0 Å². The zero-order valence-corrected chi connectivity index (χ0v) is 13.9. The van der Waals surface area contributed by atoms with Crippen molar-refractivity contribution in [3.63, 3.8) is 0 Å². The number of sulfone groups is 1. The third-order valence-corrected chi connectivity index (χ3v) is 4.14. The first-order valence-electron chi connectivity index (χ1n) is 7.14. The number of nitrogens with one attached hydrogen (secondary N) is 1. The fourth-order valence-electron chi connectivity index (χ4n) is 1.97. The van der Waals surface area contributed by atoms with E-state index in [9.17, 15) is 8.42 Å². The molecule has 0 spiro atoms. The van der Waals surface area contributed by atoms with Gasteiger partial charge in [-0.15, -0.1) is 0 Å². The predicted molar refractivity (Wildman–Crippen MR) is 86.8 cm³/mol. The summed E-state index contributed by atoms with van der Waals surface area (Å²) in [6, 6.07) is 4.84. The van der Waals surface area contributed by atoms with Crippen LogP contribution in [-0.4, -0.2) is 44.4 Å². The molecule has 0 atom stereocenters. The molecule has 0 fully saturated rings. The van der Waals surface area contributed by atoms with Crippen molar-refractivity contribution < 1.29 is 13.2 Å². The summed E-state index contributed by atoms with van der Waals surface area (Å²) in [4.78, 5) is 8.60. The molecule has 0 saturated carbocycles. The lowest BCUT2D eigenvalue weighted by Crippen LogP contribution is -2.13. The second-order valence-electron chi connectivity index (χ2n) is 5.57. The molecule has 0 unspecified atom stereocenters. The Labute approximate surface area is 130 Å². The van der Waals surface area contributed by atoms with Gasteiger partial charge in [0, 0.05) is 24.8 Å². The second kappa shape index (κ2) is 7.02. The predicted octanol–water partition coefficient (Wildman–Crippen LogP) is 2.12. The number of aromatic nitrogens is 2. The van der Waals surface area contributed by atoms with Crippen molar-refractivity contribution in [3.05, 3.63) is 24.5 Å². The Hall–Kier alpha value is -1.73. The molecule has 0 aliphatic carbocycles. The molecular formula is C15H21N3O3S. The maximum atomic E-state index is 11.7. The third kappa shape index (κ3) is 4.38. The minimum atomic E-state index is -3.26. The summed E-state index contributed by atoms with van der Waals surface area (Å²) in [6.07, 6.45) is 2.64. The number of hydrogen-bond acceptors (Lipinski definition) is 6. The van der Waals surface area contributed by atoms with Gasteiger partial charge in [-0.25, -0.2) is 18.4 Å². The lowest BCUT2D eigenvalue weighted by atomic mass is 10.2. The van der Waals surface area contributed by atoms with Crippen LogP contribution in [0.25, 0.3) is 10.9 Å². The van der Waals surface area contributed by atoms with Gasteiger partial charge in [-0.3, -0.25) is 0 Å². The normalized spacial score (nSPS) is 12.0. The summed E-state index contributed by atoms with van der Waals surface area (Å²) < 4.78 is 28.8. The average molecular weight is 323 g/mol. The van der Waals surface area contributed by atoms with Gasteiger partial charge in [0.1, 0.15) is 12.1 Å². The number of anilines is 1. The summed E-state index contributed by atoms with van der Waals surface area (Å²) in [7, 11) is -3.26. The first kappa shape index (κ1) is 16.6. The molecule has 0 bridgehead atoms. The highest BCUT2D eigenvalue weighted by Crippen LogP contribution is 2.22. The van der Waals surface area contributed by atoms with Gasteiger partial charge in [-0.05, 0) is 24.1 Å². The molecule has 1 heterocycles. The van der Waals surface area contributed by atoms with Crippen LogP contribution in [-0.2, 0) is 14.6 Å². The van der Waals surface area contributed by atoms with Crippen LogP contribution < -0.4 is 5.32 Å². The topological polar surface area (TPSA) is 81.2 Å². The minimum absolute atomic E-state index is 0.258. The van der Waals surface area contributed by atoms with Crippen LogP contribution >= 0.6 is 0 Å². The number of nitrogens with zero attached hydrogens (tertiary/aromatic N) is 2. The van der Waals surface area contributed by atoms with Crippen LogP contribution in [0.2, 0.25) is 0 Å². The molecule has 0 saturated heterocycles. The Balaban J connectivity index is 2.15. The highest BCUT2D eigenvalue weighted by Gasteiger charge is 2.10. The van der Waals surface area contributed by atoms with Crippen molar-refractivity contribution in [2.45, 2.75) is 18.7 Å². The number of fused-ring (bicyclic) bond motifs is 1. The van der Waals surface area contributed by atoms with E-state index < -0.39 is 9.84 Å². The van der Waals surface area contributed by atoms with Crippen molar-refractivity contribution in [1.29, 1.82) is 0 Å². The van der Waals surface area contributed by atoms with Crippen molar-refractivity contribution in [2.24, 2.45) is 5.92 Å². The van der Waals surface area contributed by atoms with E-state index >= 15 is 0 Å². The summed E-state index contributed by atoms with van der Waals surface area (Å²) in [6.45, 7) is 6.07. The van der Waals surface area contributed by atoms with E-state index in [4.69, 9.17) is 4.74 Å². The van der Waals surface area contributed by atoms with Gasteiger partial charge in [-0.2, -0.15) is 0 Å². The number of rotatable bonds is 7. The number of ether oxygens (including phenoxy) is 1. The largest absolute Gasteiger partial charge is 0.379 e. The van der Waals surface area contributed by atoms with E-state index in [-0.39, 0.29) is 4.90 Å².